The van der Waals surface area contributed by atoms with E-state index in [1.54, 1.807) is 35.2 Å². The van der Waals surface area contributed by atoms with Crippen molar-refractivity contribution in [2.45, 2.75) is 19.4 Å². The van der Waals surface area contributed by atoms with Gasteiger partial charge in [-0.3, -0.25) is 15.2 Å². The van der Waals surface area contributed by atoms with Crippen molar-refractivity contribution in [3.05, 3.63) is 81.9 Å². The van der Waals surface area contributed by atoms with E-state index in [4.69, 9.17) is 14.6 Å². The van der Waals surface area contributed by atoms with Gasteiger partial charge < -0.3 is 13.7 Å². The molecule has 0 spiro atoms. The van der Waals surface area contributed by atoms with E-state index in [1.165, 1.54) is 6.26 Å². The van der Waals surface area contributed by atoms with Crippen LogP contribution in [0.25, 0.3) is 0 Å². The predicted octanol–water partition coefficient (Wildman–Crippen LogP) is 2.83. The number of nitriles is 1. The van der Waals surface area contributed by atoms with Crippen LogP contribution in [-0.4, -0.2) is 15.4 Å². The first-order valence-electron chi connectivity index (χ1n) is 8.42. The Morgan fingerprint density at radius 3 is 2.89 bits per heavy atom. The van der Waals surface area contributed by atoms with Crippen molar-refractivity contribution in [1.82, 2.24) is 9.55 Å². The smallest absolute Gasteiger partial charge is 0.258 e. The average molecular weight is 360 g/mol. The maximum Gasteiger partial charge on any atom is 0.258 e. The van der Waals surface area contributed by atoms with Gasteiger partial charge in [0.15, 0.2) is 0 Å². The minimum Gasteiger partial charge on any atom is -0.469 e. The molecule has 1 aliphatic rings. The number of hydrogen-bond acceptors (Lipinski definition) is 6. The summed E-state index contributed by atoms with van der Waals surface area (Å²) < 4.78 is 12.6. The number of aromatic nitrogens is 2. The lowest BCUT2D eigenvalue weighted by Crippen LogP contribution is -2.38. The molecule has 3 aromatic rings. The third-order valence-corrected chi connectivity index (χ3v) is 4.71. The zero-order valence-corrected chi connectivity index (χ0v) is 14.5. The van der Waals surface area contributed by atoms with Gasteiger partial charge in [-0.2, -0.15) is 5.26 Å². The second-order valence-corrected chi connectivity index (χ2v) is 6.38. The first kappa shape index (κ1) is 16.8. The van der Waals surface area contributed by atoms with E-state index in [-0.39, 0.29) is 11.5 Å². The van der Waals surface area contributed by atoms with Gasteiger partial charge in [-0.05, 0) is 30.7 Å². The van der Waals surface area contributed by atoms with Crippen LogP contribution in [0, 0.1) is 29.6 Å². The summed E-state index contributed by atoms with van der Waals surface area (Å²) in [4.78, 5) is 17.4. The van der Waals surface area contributed by atoms with Gasteiger partial charge in [0.25, 0.3) is 5.56 Å². The van der Waals surface area contributed by atoms with Crippen molar-refractivity contribution in [1.29, 1.82) is 10.7 Å². The molecule has 7 heteroatoms. The average Bonchev–Trinajstić information content (AvgIpc) is 3.19. The Morgan fingerprint density at radius 1 is 1.37 bits per heavy atom. The third-order valence-electron chi connectivity index (χ3n) is 4.71. The SMILES string of the molecule is Cc1cc2c(c(=O)n1Cc1cccnc1)C(c1ccco1)C(C#N)C(=N)O2. The van der Waals surface area contributed by atoms with Crippen LogP contribution in [0.15, 0.2) is 58.2 Å². The molecule has 0 aliphatic carbocycles. The van der Waals surface area contributed by atoms with Gasteiger partial charge in [0.05, 0.1) is 30.4 Å². The Hall–Kier alpha value is -3.66. The number of ether oxygens (including phenoxy) is 1. The fourth-order valence-corrected chi connectivity index (χ4v) is 3.41. The number of furan rings is 1. The standard InChI is InChI=1S/C20H16N4O3/c1-12-8-16-18(20(25)24(12)11-13-4-2-6-23-10-13)17(15-5-3-7-26-15)14(9-21)19(22)27-16/h2-8,10,14,17,22H,11H2,1H3. The Labute approximate surface area is 155 Å². The number of hydrogen-bond donors (Lipinski definition) is 1. The zero-order valence-electron chi connectivity index (χ0n) is 14.5. The van der Waals surface area contributed by atoms with Gasteiger partial charge in [0, 0.05) is 24.2 Å². The number of pyridine rings is 2. The summed E-state index contributed by atoms with van der Waals surface area (Å²) in [6.07, 6.45) is 4.88. The lowest BCUT2D eigenvalue weighted by Gasteiger charge is -2.29. The number of nitrogens with one attached hydrogen (secondary N) is 1. The van der Waals surface area contributed by atoms with E-state index >= 15 is 0 Å². The summed E-state index contributed by atoms with van der Waals surface area (Å²) in [6, 6.07) is 10.9. The highest BCUT2D eigenvalue weighted by molar-refractivity contribution is 5.84. The van der Waals surface area contributed by atoms with Crippen LogP contribution in [0.1, 0.15) is 28.5 Å². The Kier molecular flexibility index (Phi) is 4.09. The largest absolute Gasteiger partial charge is 0.469 e. The number of fused-ring (bicyclic) bond motifs is 1. The maximum atomic E-state index is 13.4. The van der Waals surface area contributed by atoms with Crippen LogP contribution >= 0.6 is 0 Å². The first-order valence-corrected chi connectivity index (χ1v) is 8.42. The molecule has 0 saturated heterocycles. The van der Waals surface area contributed by atoms with Crippen molar-refractivity contribution >= 4 is 5.90 Å². The van der Waals surface area contributed by atoms with Crippen molar-refractivity contribution < 1.29 is 9.15 Å². The van der Waals surface area contributed by atoms with Crippen LogP contribution < -0.4 is 10.3 Å². The fourth-order valence-electron chi connectivity index (χ4n) is 3.41. The Bertz CT molecular complexity index is 1090. The Morgan fingerprint density at radius 2 is 2.22 bits per heavy atom. The molecular weight excluding hydrogens is 344 g/mol. The maximum absolute atomic E-state index is 13.4. The van der Waals surface area contributed by atoms with Crippen LogP contribution in [0.3, 0.4) is 0 Å². The normalized spacial score (nSPS) is 18.4. The molecule has 0 bridgehead atoms. The van der Waals surface area contributed by atoms with E-state index in [1.807, 2.05) is 19.1 Å². The second kappa shape index (κ2) is 6.57. The number of aryl methyl sites for hydroxylation is 1. The molecule has 27 heavy (non-hydrogen) atoms. The highest BCUT2D eigenvalue weighted by Crippen LogP contribution is 2.40. The molecule has 4 rings (SSSR count). The van der Waals surface area contributed by atoms with Gasteiger partial charge in [0.2, 0.25) is 5.90 Å². The lowest BCUT2D eigenvalue weighted by atomic mass is 9.82. The summed E-state index contributed by atoms with van der Waals surface area (Å²) in [5, 5.41) is 17.7. The molecule has 0 amide bonds. The van der Waals surface area contributed by atoms with Gasteiger partial charge in [-0.15, -0.1) is 0 Å². The second-order valence-electron chi connectivity index (χ2n) is 6.38. The summed E-state index contributed by atoms with van der Waals surface area (Å²) in [5.41, 5.74) is 1.66. The van der Waals surface area contributed by atoms with Crippen LogP contribution in [-0.2, 0) is 6.54 Å². The molecule has 2 atom stereocenters. The number of nitrogens with zero attached hydrogens (tertiary/aromatic N) is 3. The molecule has 1 N–H and O–H groups in total. The topological polar surface area (TPSA) is 105 Å². The fraction of sp³-hybridized carbons (Fsp3) is 0.200. The molecule has 4 heterocycles. The molecule has 134 valence electrons. The van der Waals surface area contributed by atoms with Crippen LogP contribution in [0.5, 0.6) is 5.75 Å². The minimum atomic E-state index is -0.925. The van der Waals surface area contributed by atoms with Gasteiger partial charge >= 0.3 is 0 Å². The molecule has 1 aliphatic heterocycles. The number of rotatable bonds is 3. The molecular formula is C20H16N4O3. The lowest BCUT2D eigenvalue weighted by molar-refractivity contribution is 0.399. The molecule has 0 fully saturated rings. The predicted molar refractivity (Wildman–Crippen MR) is 96.8 cm³/mol. The highest BCUT2D eigenvalue weighted by Gasteiger charge is 2.41. The molecule has 3 aromatic heterocycles. The van der Waals surface area contributed by atoms with Crippen molar-refractivity contribution in [3.63, 3.8) is 0 Å². The molecule has 0 radical (unpaired) electrons. The summed E-state index contributed by atoms with van der Waals surface area (Å²) in [7, 11) is 0. The van der Waals surface area contributed by atoms with E-state index < -0.39 is 11.8 Å². The van der Waals surface area contributed by atoms with Crippen LogP contribution in [0.4, 0.5) is 0 Å². The molecule has 0 saturated carbocycles. The van der Waals surface area contributed by atoms with Crippen LogP contribution in [0.2, 0.25) is 0 Å². The van der Waals surface area contributed by atoms with E-state index in [0.29, 0.717) is 29.3 Å². The minimum absolute atomic E-state index is 0.185. The quantitative estimate of drug-likeness (QED) is 0.773. The molecule has 0 aromatic carbocycles. The van der Waals surface area contributed by atoms with E-state index in [0.717, 1.165) is 5.56 Å². The summed E-state index contributed by atoms with van der Waals surface area (Å²) in [6.45, 7) is 2.16. The molecule has 7 nitrogen and oxygen atoms in total. The monoisotopic (exact) mass is 360 g/mol. The molecule has 2 unspecified atom stereocenters. The summed E-state index contributed by atoms with van der Waals surface area (Å²) in [5.74, 6) is -1.03. The highest BCUT2D eigenvalue weighted by atomic mass is 16.5. The van der Waals surface area contributed by atoms with Gasteiger partial charge in [0.1, 0.15) is 17.4 Å². The van der Waals surface area contributed by atoms with Crippen molar-refractivity contribution in [2.24, 2.45) is 5.92 Å². The summed E-state index contributed by atoms with van der Waals surface area (Å²) >= 11 is 0. The first-order chi connectivity index (χ1) is 13.1. The van der Waals surface area contributed by atoms with Gasteiger partial charge in [-0.1, -0.05) is 6.07 Å². The van der Waals surface area contributed by atoms with Crippen molar-refractivity contribution in [3.8, 4) is 11.8 Å². The Balaban J connectivity index is 1.91. The van der Waals surface area contributed by atoms with Gasteiger partial charge in [-0.25, -0.2) is 0 Å². The zero-order chi connectivity index (χ0) is 19.0. The van der Waals surface area contributed by atoms with Crippen molar-refractivity contribution in [2.75, 3.05) is 0 Å². The van der Waals surface area contributed by atoms with E-state index in [2.05, 4.69) is 11.1 Å². The third kappa shape index (κ3) is 2.81. The van der Waals surface area contributed by atoms with E-state index in [9.17, 15) is 10.1 Å².